The third kappa shape index (κ3) is 2.34. The van der Waals surface area contributed by atoms with Crippen molar-refractivity contribution in [2.45, 2.75) is 0 Å². The molecule has 0 radical (unpaired) electrons. The van der Waals surface area contributed by atoms with E-state index in [2.05, 4.69) is 5.43 Å². The third-order valence-corrected chi connectivity index (χ3v) is 2.34. The largest absolute Gasteiger partial charge is 0.397 e. The van der Waals surface area contributed by atoms with Crippen LogP contribution >= 0.6 is 0 Å². The maximum absolute atomic E-state index is 11.9. The van der Waals surface area contributed by atoms with Crippen LogP contribution < -0.4 is 16.9 Å². The van der Waals surface area contributed by atoms with Gasteiger partial charge in [-0.05, 0) is 18.2 Å². The fourth-order valence-corrected chi connectivity index (χ4v) is 1.44. The van der Waals surface area contributed by atoms with E-state index in [1.807, 2.05) is 0 Å². The molecule has 0 atom stereocenters. The van der Waals surface area contributed by atoms with Gasteiger partial charge in [0.1, 0.15) is 11.4 Å². The molecule has 0 aliphatic carbocycles. The van der Waals surface area contributed by atoms with Gasteiger partial charge >= 0.3 is 5.69 Å². The summed E-state index contributed by atoms with van der Waals surface area (Å²) in [7, 11) is 0. The first-order valence-corrected chi connectivity index (χ1v) is 5.11. The summed E-state index contributed by atoms with van der Waals surface area (Å²) in [4.78, 5) is 12.5. The summed E-state index contributed by atoms with van der Waals surface area (Å²) in [6.07, 6.45) is 0. The number of nitrogens with two attached hydrogens (primary N) is 2. The molecule has 0 bridgehead atoms. The van der Waals surface area contributed by atoms with E-state index in [0.29, 0.717) is 27.6 Å². The number of nitrogens with one attached hydrogen (secondary N) is 1. The Balaban J connectivity index is 2.24. The quantitative estimate of drug-likeness (QED) is 0.428. The van der Waals surface area contributed by atoms with Gasteiger partial charge in [-0.3, -0.25) is 0 Å². The topological polar surface area (TPSA) is 84.1 Å². The van der Waals surface area contributed by atoms with Gasteiger partial charge in [-0.2, -0.15) is 0 Å². The minimum atomic E-state index is 0.357. The molecule has 0 heterocycles. The summed E-state index contributed by atoms with van der Waals surface area (Å²) >= 11 is 0. The minimum Gasteiger partial charge on any atom is -0.397 e. The first-order valence-electron chi connectivity index (χ1n) is 5.11. The van der Waals surface area contributed by atoms with Gasteiger partial charge in [-0.25, -0.2) is 0 Å². The summed E-state index contributed by atoms with van der Waals surface area (Å²) in [6, 6.07) is 13.8. The van der Waals surface area contributed by atoms with E-state index in [-0.39, 0.29) is 0 Å². The number of hydrogen-bond donors (Lipinski definition) is 3. The van der Waals surface area contributed by atoms with E-state index >= 15 is 0 Å². The smallest absolute Gasteiger partial charge is 0.314 e. The summed E-state index contributed by atoms with van der Waals surface area (Å²) in [5, 5.41) is 0. The van der Waals surface area contributed by atoms with Gasteiger partial charge in [0, 0.05) is 6.07 Å². The van der Waals surface area contributed by atoms with Crippen LogP contribution in [0, 0.1) is 4.91 Å². The van der Waals surface area contributed by atoms with Crippen LogP contribution in [0.15, 0.2) is 48.5 Å². The molecule has 2 aromatic rings. The molecule has 0 amide bonds. The van der Waals surface area contributed by atoms with E-state index < -0.39 is 0 Å². The van der Waals surface area contributed by atoms with Crippen molar-refractivity contribution in [3.8, 4) is 0 Å². The van der Waals surface area contributed by atoms with Gasteiger partial charge in [-0.15, -0.1) is 5.43 Å². The number of rotatable bonds is 3. The Hall–Kier alpha value is -2.56. The Bertz CT molecular complexity index is 554. The lowest BCUT2D eigenvalue weighted by Gasteiger charge is -2.01. The van der Waals surface area contributed by atoms with E-state index in [0.717, 1.165) is 0 Å². The van der Waals surface area contributed by atoms with E-state index in [1.54, 1.807) is 48.5 Å². The molecule has 5 nitrogen and oxygen atoms in total. The standard InChI is InChI=1S/C12H13N4O/c13-9-5-1-3-7-11(9)15-16(17)12-8-4-2-6-10(12)14/h1-8H,13-14H2,(H,15,17)/q+1. The number of benzene rings is 2. The number of hydrazine groups is 1. The van der Waals surface area contributed by atoms with Crippen molar-refractivity contribution in [2.75, 3.05) is 16.9 Å². The Labute approximate surface area is 98.6 Å². The molecule has 2 rings (SSSR count). The summed E-state index contributed by atoms with van der Waals surface area (Å²) in [5.74, 6) is 0. The van der Waals surface area contributed by atoms with Crippen molar-refractivity contribution < 1.29 is 4.87 Å². The second kappa shape index (κ2) is 4.52. The van der Waals surface area contributed by atoms with Crippen LogP contribution in [-0.4, -0.2) is 4.87 Å². The molecular weight excluding hydrogens is 216 g/mol. The SMILES string of the molecule is Nc1ccccc1N[N+](=O)c1ccccc1N. The van der Waals surface area contributed by atoms with Crippen molar-refractivity contribution in [2.24, 2.45) is 0 Å². The molecular formula is C12H13N4O+. The lowest BCUT2D eigenvalue weighted by molar-refractivity contribution is -0.426. The zero-order chi connectivity index (χ0) is 12.3. The van der Waals surface area contributed by atoms with Gasteiger partial charge in [0.25, 0.3) is 0 Å². The highest BCUT2D eigenvalue weighted by molar-refractivity contribution is 5.65. The Morgan fingerprint density at radius 3 is 2.12 bits per heavy atom. The fraction of sp³-hybridized carbons (Fsp3) is 0. The van der Waals surface area contributed by atoms with Crippen LogP contribution in [0.3, 0.4) is 0 Å². The van der Waals surface area contributed by atoms with Gasteiger partial charge in [0.05, 0.1) is 10.6 Å². The normalized spacial score (nSPS) is 9.88. The number of nitrogens with zero attached hydrogens (tertiary/aromatic N) is 1. The molecule has 5 heteroatoms. The predicted molar refractivity (Wildman–Crippen MR) is 68.6 cm³/mol. The van der Waals surface area contributed by atoms with Crippen LogP contribution in [0.2, 0.25) is 0 Å². The highest BCUT2D eigenvalue weighted by Gasteiger charge is 2.18. The van der Waals surface area contributed by atoms with Gasteiger partial charge in [0.15, 0.2) is 4.87 Å². The zero-order valence-corrected chi connectivity index (χ0v) is 9.13. The highest BCUT2D eigenvalue weighted by Crippen LogP contribution is 2.23. The maximum Gasteiger partial charge on any atom is 0.314 e. The number of hydrogen-bond acceptors (Lipinski definition) is 3. The van der Waals surface area contributed by atoms with Crippen LogP contribution in [0.25, 0.3) is 0 Å². The molecule has 0 unspecified atom stereocenters. The molecule has 86 valence electrons. The van der Waals surface area contributed by atoms with Crippen molar-refractivity contribution in [3.63, 3.8) is 0 Å². The van der Waals surface area contributed by atoms with Crippen molar-refractivity contribution in [1.29, 1.82) is 0 Å². The maximum atomic E-state index is 11.9. The molecule has 0 fully saturated rings. The van der Waals surface area contributed by atoms with Crippen LogP contribution in [0.4, 0.5) is 22.7 Å². The van der Waals surface area contributed by atoms with E-state index in [1.165, 1.54) is 0 Å². The molecule has 5 N–H and O–H groups in total. The Morgan fingerprint density at radius 1 is 0.882 bits per heavy atom. The van der Waals surface area contributed by atoms with Crippen LogP contribution in [0.5, 0.6) is 0 Å². The average molecular weight is 229 g/mol. The number of nitrogen functional groups attached to an aromatic ring is 2. The molecule has 0 aromatic heterocycles. The highest BCUT2D eigenvalue weighted by atomic mass is 16.3. The first kappa shape index (κ1) is 10.9. The lowest BCUT2D eigenvalue weighted by atomic mass is 10.2. The second-order valence-electron chi connectivity index (χ2n) is 3.55. The van der Waals surface area contributed by atoms with E-state index in [9.17, 15) is 4.91 Å². The van der Waals surface area contributed by atoms with E-state index in [4.69, 9.17) is 11.5 Å². The van der Waals surface area contributed by atoms with Crippen LogP contribution in [-0.2, 0) is 0 Å². The summed E-state index contributed by atoms with van der Waals surface area (Å²) in [5.41, 5.74) is 15.9. The molecule has 0 aliphatic heterocycles. The molecule has 0 saturated carbocycles. The Kier molecular flexibility index (Phi) is 2.91. The molecule has 2 aromatic carbocycles. The first-order chi connectivity index (χ1) is 8.18. The van der Waals surface area contributed by atoms with Crippen molar-refractivity contribution in [1.82, 2.24) is 0 Å². The van der Waals surface area contributed by atoms with Gasteiger partial charge in [0.2, 0.25) is 0 Å². The van der Waals surface area contributed by atoms with Crippen molar-refractivity contribution >= 4 is 22.7 Å². The fourth-order valence-electron chi connectivity index (χ4n) is 1.44. The van der Waals surface area contributed by atoms with Gasteiger partial charge in [-0.1, -0.05) is 24.3 Å². The number of anilines is 3. The van der Waals surface area contributed by atoms with Crippen molar-refractivity contribution in [3.05, 3.63) is 53.4 Å². The predicted octanol–water partition coefficient (Wildman–Crippen LogP) is 2.29. The monoisotopic (exact) mass is 229 g/mol. The third-order valence-electron chi connectivity index (χ3n) is 2.34. The second-order valence-corrected chi connectivity index (χ2v) is 3.55. The van der Waals surface area contributed by atoms with Gasteiger partial charge < -0.3 is 11.5 Å². The summed E-state index contributed by atoms with van der Waals surface area (Å²) in [6.45, 7) is 0. The molecule has 0 saturated heterocycles. The minimum absolute atomic E-state index is 0.357. The average Bonchev–Trinajstić information content (AvgIpc) is 2.32. The van der Waals surface area contributed by atoms with Crippen LogP contribution in [0.1, 0.15) is 0 Å². The number of nitroso groups, excluding NO2 is 1. The Morgan fingerprint density at radius 2 is 1.47 bits per heavy atom. The summed E-state index contributed by atoms with van der Waals surface area (Å²) < 4.78 is 0. The zero-order valence-electron chi connectivity index (χ0n) is 9.13. The lowest BCUT2D eigenvalue weighted by Crippen LogP contribution is -2.13. The molecule has 0 aliphatic rings. The number of para-hydroxylation sites is 4. The molecule has 17 heavy (non-hydrogen) atoms. The molecule has 0 spiro atoms.